The van der Waals surface area contributed by atoms with Gasteiger partial charge in [0.25, 0.3) is 0 Å². The highest BCUT2D eigenvalue weighted by atomic mass is 16.5. The Morgan fingerprint density at radius 3 is 1.56 bits per heavy atom. The summed E-state index contributed by atoms with van der Waals surface area (Å²) in [4.78, 5) is 71.7. The van der Waals surface area contributed by atoms with Crippen molar-refractivity contribution in [3.63, 3.8) is 0 Å². The van der Waals surface area contributed by atoms with Gasteiger partial charge in [-0.25, -0.2) is 4.79 Å². The largest absolute Gasteiger partial charge is 0.453 e. The molecule has 0 saturated carbocycles. The van der Waals surface area contributed by atoms with Crippen LogP contribution in [0.2, 0.25) is 0 Å². The van der Waals surface area contributed by atoms with Crippen LogP contribution in [0, 0.1) is 11.8 Å². The molecule has 13 heteroatoms. The Bertz CT molecular complexity index is 702. The first-order valence-electron chi connectivity index (χ1n) is 12.2. The topological polar surface area (TPSA) is 203 Å². The van der Waals surface area contributed by atoms with E-state index in [0.717, 1.165) is 4.90 Å². The fourth-order valence-electron chi connectivity index (χ4n) is 3.08. The van der Waals surface area contributed by atoms with Crippen LogP contribution in [0.5, 0.6) is 0 Å². The van der Waals surface area contributed by atoms with E-state index >= 15 is 0 Å². The van der Waals surface area contributed by atoms with Crippen LogP contribution < -0.4 is 27.4 Å². The number of nitrogens with one attached hydrogen (secondary N) is 3. The molecule has 0 bridgehead atoms. The maximum Gasteiger partial charge on any atom is 0.406 e. The average molecular weight is 515 g/mol. The lowest BCUT2D eigenvalue weighted by Gasteiger charge is -2.22. The summed E-state index contributed by atoms with van der Waals surface area (Å²) in [6.45, 7) is 3.54. The number of nitrogens with two attached hydrogens (primary N) is 2. The molecule has 206 valence electrons. The lowest BCUT2D eigenvalue weighted by molar-refractivity contribution is -0.139. The molecule has 0 aliphatic heterocycles. The van der Waals surface area contributed by atoms with Gasteiger partial charge in [-0.3, -0.25) is 24.0 Å². The third-order valence-electron chi connectivity index (χ3n) is 5.56. The number of ether oxygens (including phenoxy) is 1. The third-order valence-corrected chi connectivity index (χ3v) is 5.56. The van der Waals surface area contributed by atoms with Gasteiger partial charge in [-0.2, -0.15) is 0 Å². The fourth-order valence-corrected chi connectivity index (χ4v) is 3.08. The second-order valence-corrected chi connectivity index (χ2v) is 8.72. The number of carbonyl (C=O) groups is 6. The van der Waals surface area contributed by atoms with Gasteiger partial charge in [0.2, 0.25) is 29.5 Å². The van der Waals surface area contributed by atoms with Gasteiger partial charge in [-0.15, -0.1) is 0 Å². The minimum Gasteiger partial charge on any atom is -0.453 e. The molecule has 0 heterocycles. The lowest BCUT2D eigenvalue weighted by atomic mass is 10.0. The number of rotatable bonds is 19. The molecular formula is C23H42N6O7. The van der Waals surface area contributed by atoms with Crippen molar-refractivity contribution in [2.45, 2.75) is 58.8 Å². The molecule has 6 amide bonds. The predicted octanol–water partition coefficient (Wildman–Crippen LogP) is -0.623. The molecule has 0 aromatic carbocycles. The molecule has 0 aromatic heterocycles. The van der Waals surface area contributed by atoms with E-state index in [1.54, 1.807) is 13.8 Å². The van der Waals surface area contributed by atoms with Crippen molar-refractivity contribution in [1.82, 2.24) is 20.9 Å². The summed E-state index contributed by atoms with van der Waals surface area (Å²) in [7, 11) is 1.20. The van der Waals surface area contributed by atoms with Crippen molar-refractivity contribution in [3.8, 4) is 0 Å². The molecule has 2 unspecified atom stereocenters. The molecule has 7 N–H and O–H groups in total. The normalized spacial score (nSPS) is 12.1. The Labute approximate surface area is 212 Å². The quantitative estimate of drug-likeness (QED) is 0.141. The molecule has 0 saturated heterocycles. The van der Waals surface area contributed by atoms with Gasteiger partial charge < -0.3 is 37.1 Å². The highest BCUT2D eigenvalue weighted by molar-refractivity contribution is 5.89. The zero-order valence-corrected chi connectivity index (χ0v) is 21.6. The van der Waals surface area contributed by atoms with E-state index < -0.39 is 23.8 Å². The molecule has 0 radical (unpaired) electrons. The summed E-state index contributed by atoms with van der Waals surface area (Å²) in [6.07, 6.45) is 3.09. The van der Waals surface area contributed by atoms with Gasteiger partial charge in [0.15, 0.2) is 0 Å². The number of hydrogen-bond acceptors (Lipinski definition) is 7. The van der Waals surface area contributed by atoms with Gasteiger partial charge in [0.05, 0.1) is 7.11 Å². The number of unbranched alkanes of at least 4 members (excludes halogenated alkanes) is 2. The van der Waals surface area contributed by atoms with Gasteiger partial charge >= 0.3 is 6.09 Å². The molecule has 0 fully saturated rings. The molecule has 0 spiro atoms. The first kappa shape index (κ1) is 32.6. The molecule has 0 aromatic rings. The lowest BCUT2D eigenvalue weighted by Crippen LogP contribution is -2.46. The highest BCUT2D eigenvalue weighted by Gasteiger charge is 2.20. The number of carbonyl (C=O) groups excluding carboxylic acids is 6. The Hall–Kier alpha value is -3.38. The average Bonchev–Trinajstić information content (AvgIpc) is 2.82. The fraction of sp³-hybridized carbons (Fsp3) is 0.739. The smallest absolute Gasteiger partial charge is 0.406 e. The van der Waals surface area contributed by atoms with Crippen LogP contribution >= 0.6 is 0 Å². The Morgan fingerprint density at radius 1 is 0.722 bits per heavy atom. The number of hydrogen-bond donors (Lipinski definition) is 5. The minimum atomic E-state index is -0.693. The zero-order valence-electron chi connectivity index (χ0n) is 21.6. The first-order chi connectivity index (χ1) is 17.0. The SMILES string of the molecule is COC(=O)NCCC(=O)N(CC(=O)NCCCCC(C)C(N)=O)CC(=O)NCCCCC(C)C(N)=O. The van der Waals surface area contributed by atoms with E-state index in [2.05, 4.69) is 20.7 Å². The van der Waals surface area contributed by atoms with E-state index in [-0.39, 0.29) is 49.7 Å². The minimum absolute atomic E-state index is 0.0126. The Morgan fingerprint density at radius 2 is 1.17 bits per heavy atom. The summed E-state index contributed by atoms with van der Waals surface area (Å²) in [5.41, 5.74) is 10.4. The number of methoxy groups -OCH3 is 1. The van der Waals surface area contributed by atoms with Crippen LogP contribution in [0.1, 0.15) is 58.8 Å². The van der Waals surface area contributed by atoms with E-state index in [0.29, 0.717) is 51.6 Å². The molecule has 0 aliphatic rings. The molecule has 2 atom stereocenters. The zero-order chi connectivity index (χ0) is 27.5. The first-order valence-corrected chi connectivity index (χ1v) is 12.2. The maximum absolute atomic E-state index is 12.6. The predicted molar refractivity (Wildman–Crippen MR) is 132 cm³/mol. The van der Waals surface area contributed by atoms with Crippen LogP contribution in [-0.2, 0) is 28.7 Å². The van der Waals surface area contributed by atoms with E-state index in [4.69, 9.17) is 11.5 Å². The maximum atomic E-state index is 12.6. The summed E-state index contributed by atoms with van der Waals surface area (Å²) in [5, 5.41) is 7.78. The summed E-state index contributed by atoms with van der Waals surface area (Å²) >= 11 is 0. The van der Waals surface area contributed by atoms with Crippen molar-refractivity contribution in [2.75, 3.05) is 39.8 Å². The summed E-state index contributed by atoms with van der Waals surface area (Å²) in [5.74, 6) is -2.56. The highest BCUT2D eigenvalue weighted by Crippen LogP contribution is 2.07. The Kier molecular flexibility index (Phi) is 17.1. The van der Waals surface area contributed by atoms with Gasteiger partial charge in [-0.1, -0.05) is 26.7 Å². The molecule has 36 heavy (non-hydrogen) atoms. The monoisotopic (exact) mass is 514 g/mol. The van der Waals surface area contributed by atoms with Crippen molar-refractivity contribution >= 4 is 35.6 Å². The number of alkyl carbamates (subject to hydrolysis) is 1. The van der Waals surface area contributed by atoms with E-state index in [1.165, 1.54) is 7.11 Å². The van der Waals surface area contributed by atoms with Gasteiger partial charge in [0.1, 0.15) is 13.1 Å². The van der Waals surface area contributed by atoms with Crippen LogP contribution in [0.4, 0.5) is 4.79 Å². The summed E-state index contributed by atoms with van der Waals surface area (Å²) in [6, 6.07) is 0. The Balaban J connectivity index is 4.63. The van der Waals surface area contributed by atoms with Crippen molar-refractivity contribution in [3.05, 3.63) is 0 Å². The molecule has 0 aliphatic carbocycles. The standard InChI is InChI=1S/C23H42N6O7/c1-16(21(24)33)8-4-6-11-26-18(30)14-29(20(32)10-13-28-23(35)36-3)15-19(31)27-12-7-5-9-17(2)22(25)34/h16-17H,4-15H2,1-3H3,(H2,24,33)(H2,25,34)(H,26,30)(H,27,31)(H,28,35). The van der Waals surface area contributed by atoms with Gasteiger partial charge in [0, 0.05) is 37.9 Å². The second-order valence-electron chi connectivity index (χ2n) is 8.72. The van der Waals surface area contributed by atoms with E-state index in [9.17, 15) is 28.8 Å². The number of primary amides is 2. The molecule has 0 rings (SSSR count). The van der Waals surface area contributed by atoms with Crippen LogP contribution in [-0.4, -0.2) is 80.4 Å². The van der Waals surface area contributed by atoms with Crippen molar-refractivity contribution in [1.29, 1.82) is 0 Å². The van der Waals surface area contributed by atoms with Crippen LogP contribution in [0.15, 0.2) is 0 Å². The molecule has 13 nitrogen and oxygen atoms in total. The number of nitrogens with zero attached hydrogens (tertiary/aromatic N) is 1. The van der Waals surface area contributed by atoms with Crippen LogP contribution in [0.3, 0.4) is 0 Å². The molecular weight excluding hydrogens is 472 g/mol. The van der Waals surface area contributed by atoms with Crippen molar-refractivity contribution < 1.29 is 33.5 Å². The van der Waals surface area contributed by atoms with Gasteiger partial charge in [-0.05, 0) is 25.7 Å². The number of amides is 6. The summed E-state index contributed by atoms with van der Waals surface area (Å²) < 4.78 is 4.45. The van der Waals surface area contributed by atoms with Crippen LogP contribution in [0.25, 0.3) is 0 Å². The second kappa shape index (κ2) is 18.9. The van der Waals surface area contributed by atoms with E-state index in [1.807, 2.05) is 0 Å². The van der Waals surface area contributed by atoms with Crippen molar-refractivity contribution in [2.24, 2.45) is 23.3 Å². The third kappa shape index (κ3) is 16.3.